The van der Waals surface area contributed by atoms with Gasteiger partial charge in [-0.3, -0.25) is 4.90 Å². The van der Waals surface area contributed by atoms with Gasteiger partial charge in [-0.05, 0) is 31.0 Å². The molecule has 0 saturated carbocycles. The van der Waals surface area contributed by atoms with Gasteiger partial charge >= 0.3 is 0 Å². The van der Waals surface area contributed by atoms with E-state index in [1.54, 1.807) is 6.33 Å². The zero-order valence-electron chi connectivity index (χ0n) is 12.2. The normalized spacial score (nSPS) is 19.9. The largest absolute Gasteiger partial charge is 0.299 e. The molecule has 3 rings (SSSR count). The smallest absolute Gasteiger partial charge is 0.115 e. The molecule has 1 aromatic carbocycles. The summed E-state index contributed by atoms with van der Waals surface area (Å²) in [4.78, 5) is 10.9. The van der Waals surface area contributed by atoms with E-state index >= 15 is 0 Å². The molecule has 3 heteroatoms. The maximum Gasteiger partial charge on any atom is 0.115 e. The highest BCUT2D eigenvalue weighted by molar-refractivity contribution is 5.48. The van der Waals surface area contributed by atoms with Gasteiger partial charge in [0.05, 0.1) is 0 Å². The molecule has 0 N–H and O–H groups in total. The van der Waals surface area contributed by atoms with Gasteiger partial charge in [0.25, 0.3) is 0 Å². The van der Waals surface area contributed by atoms with E-state index in [4.69, 9.17) is 0 Å². The molecule has 1 aliphatic heterocycles. The van der Waals surface area contributed by atoms with Crippen molar-refractivity contribution in [3.63, 3.8) is 0 Å². The third-order valence-electron chi connectivity index (χ3n) is 4.00. The summed E-state index contributed by atoms with van der Waals surface area (Å²) in [5, 5.41) is 0. The summed E-state index contributed by atoms with van der Waals surface area (Å²) < 4.78 is 0. The third kappa shape index (κ3) is 3.99. The number of piperidine rings is 1. The van der Waals surface area contributed by atoms with Gasteiger partial charge in [-0.2, -0.15) is 0 Å². The molecule has 2 aromatic rings. The summed E-state index contributed by atoms with van der Waals surface area (Å²) in [7, 11) is 0. The third-order valence-corrected chi connectivity index (χ3v) is 4.00. The molecule has 0 radical (unpaired) electrons. The lowest BCUT2D eigenvalue weighted by Crippen LogP contribution is -2.34. The van der Waals surface area contributed by atoms with Crippen LogP contribution in [0.1, 0.15) is 30.0 Å². The molecule has 1 fully saturated rings. The molecule has 1 saturated heterocycles. The predicted molar refractivity (Wildman–Crippen MR) is 85.9 cm³/mol. The molecule has 0 amide bonds. The number of hydrogen-bond acceptors (Lipinski definition) is 3. The first-order valence-corrected chi connectivity index (χ1v) is 7.62. The van der Waals surface area contributed by atoms with Gasteiger partial charge in [0, 0.05) is 30.9 Å². The van der Waals surface area contributed by atoms with Gasteiger partial charge in [0.2, 0.25) is 0 Å². The minimum Gasteiger partial charge on any atom is -0.299 e. The van der Waals surface area contributed by atoms with Crippen molar-refractivity contribution in [2.24, 2.45) is 0 Å². The maximum absolute atomic E-state index is 4.41. The second-order valence-corrected chi connectivity index (χ2v) is 5.55. The number of aromatic nitrogens is 2. The Hall–Kier alpha value is -2.00. The summed E-state index contributed by atoms with van der Waals surface area (Å²) >= 11 is 0. The molecule has 108 valence electrons. The van der Waals surface area contributed by atoms with Crippen LogP contribution in [0.25, 0.3) is 6.08 Å². The Balaban J connectivity index is 1.56. The monoisotopic (exact) mass is 279 g/mol. The number of nitrogens with zero attached hydrogens (tertiary/aromatic N) is 3. The Morgan fingerprint density at radius 3 is 2.90 bits per heavy atom. The maximum atomic E-state index is 4.41. The molecule has 0 spiro atoms. The van der Waals surface area contributed by atoms with Crippen molar-refractivity contribution in [3.05, 3.63) is 66.3 Å². The van der Waals surface area contributed by atoms with Crippen LogP contribution in [0.5, 0.6) is 0 Å². The van der Waals surface area contributed by atoms with Crippen LogP contribution in [0, 0.1) is 0 Å². The second kappa shape index (κ2) is 7.14. The van der Waals surface area contributed by atoms with Gasteiger partial charge in [0.15, 0.2) is 0 Å². The molecule has 1 aliphatic rings. The van der Waals surface area contributed by atoms with Crippen molar-refractivity contribution in [1.29, 1.82) is 0 Å². The number of likely N-dealkylation sites (tertiary alicyclic amines) is 1. The zero-order valence-corrected chi connectivity index (χ0v) is 12.2. The molecule has 0 aliphatic carbocycles. The van der Waals surface area contributed by atoms with E-state index in [0.29, 0.717) is 5.92 Å². The topological polar surface area (TPSA) is 29.0 Å². The van der Waals surface area contributed by atoms with Crippen LogP contribution in [-0.2, 0) is 0 Å². The van der Waals surface area contributed by atoms with Crippen molar-refractivity contribution in [2.75, 3.05) is 19.6 Å². The fourth-order valence-electron chi connectivity index (χ4n) is 2.91. The highest BCUT2D eigenvalue weighted by atomic mass is 15.1. The second-order valence-electron chi connectivity index (χ2n) is 5.55. The van der Waals surface area contributed by atoms with Crippen LogP contribution in [-0.4, -0.2) is 34.5 Å². The first-order valence-electron chi connectivity index (χ1n) is 7.62. The van der Waals surface area contributed by atoms with Gasteiger partial charge in [0.1, 0.15) is 6.33 Å². The molecular formula is C18H21N3. The number of rotatable bonds is 4. The highest BCUT2D eigenvalue weighted by Gasteiger charge is 2.21. The SMILES string of the molecule is C(=C\c1ccccc1)/CN1CCC[C@H](c2ccncn2)C1. The lowest BCUT2D eigenvalue weighted by molar-refractivity contribution is 0.226. The van der Waals surface area contributed by atoms with Gasteiger partial charge in [-0.1, -0.05) is 42.5 Å². The Kier molecular flexibility index (Phi) is 4.74. The van der Waals surface area contributed by atoms with Crippen molar-refractivity contribution < 1.29 is 0 Å². The lowest BCUT2D eigenvalue weighted by atomic mass is 9.94. The summed E-state index contributed by atoms with van der Waals surface area (Å²) in [6, 6.07) is 12.5. The van der Waals surface area contributed by atoms with Gasteiger partial charge in [-0.15, -0.1) is 0 Å². The van der Waals surface area contributed by atoms with Crippen molar-refractivity contribution in [3.8, 4) is 0 Å². The molecular weight excluding hydrogens is 258 g/mol. The van der Waals surface area contributed by atoms with Crippen LogP contribution in [0.3, 0.4) is 0 Å². The van der Waals surface area contributed by atoms with Crippen LogP contribution < -0.4 is 0 Å². The molecule has 2 heterocycles. The van der Waals surface area contributed by atoms with E-state index in [1.165, 1.54) is 30.6 Å². The van der Waals surface area contributed by atoms with E-state index in [9.17, 15) is 0 Å². The Morgan fingerprint density at radius 2 is 2.10 bits per heavy atom. The standard InChI is InChI=1S/C18H21N3/c1-2-6-16(7-3-1)8-4-12-21-13-5-9-17(14-21)18-10-11-19-15-20-18/h1-4,6-8,10-11,15,17H,5,9,12-14H2/b8-4+/t17-/m0/s1. The van der Waals surface area contributed by atoms with E-state index in [-0.39, 0.29) is 0 Å². The highest BCUT2D eigenvalue weighted by Crippen LogP contribution is 2.24. The van der Waals surface area contributed by atoms with Gasteiger partial charge in [-0.25, -0.2) is 9.97 Å². The van der Waals surface area contributed by atoms with Crippen LogP contribution >= 0.6 is 0 Å². The number of hydrogen-bond donors (Lipinski definition) is 0. The molecule has 1 atom stereocenters. The fourth-order valence-corrected chi connectivity index (χ4v) is 2.91. The Bertz CT molecular complexity index is 566. The fraction of sp³-hybridized carbons (Fsp3) is 0.333. The lowest BCUT2D eigenvalue weighted by Gasteiger charge is -2.31. The van der Waals surface area contributed by atoms with Crippen LogP contribution in [0.4, 0.5) is 0 Å². The van der Waals surface area contributed by atoms with Crippen LogP contribution in [0.2, 0.25) is 0 Å². The van der Waals surface area contributed by atoms with Crippen molar-refractivity contribution >= 4 is 6.08 Å². The van der Waals surface area contributed by atoms with Crippen molar-refractivity contribution in [2.45, 2.75) is 18.8 Å². The minimum absolute atomic E-state index is 0.548. The molecule has 1 aromatic heterocycles. The summed E-state index contributed by atoms with van der Waals surface area (Å²) in [5.41, 5.74) is 2.45. The van der Waals surface area contributed by atoms with Crippen molar-refractivity contribution in [1.82, 2.24) is 14.9 Å². The van der Waals surface area contributed by atoms with Crippen LogP contribution in [0.15, 0.2) is 55.0 Å². The van der Waals surface area contributed by atoms with Gasteiger partial charge < -0.3 is 0 Å². The molecule has 0 unspecified atom stereocenters. The van der Waals surface area contributed by atoms with E-state index < -0.39 is 0 Å². The molecule has 21 heavy (non-hydrogen) atoms. The summed E-state index contributed by atoms with van der Waals surface area (Å²) in [5.74, 6) is 0.548. The predicted octanol–water partition coefficient (Wildman–Crippen LogP) is 3.37. The number of benzene rings is 1. The quantitative estimate of drug-likeness (QED) is 0.859. The van der Waals surface area contributed by atoms with E-state index in [2.05, 4.69) is 51.3 Å². The molecule has 0 bridgehead atoms. The minimum atomic E-state index is 0.548. The first kappa shape index (κ1) is 14.0. The van der Waals surface area contributed by atoms with E-state index in [0.717, 1.165) is 13.1 Å². The first-order chi connectivity index (χ1) is 10.4. The average molecular weight is 279 g/mol. The Labute approximate surface area is 126 Å². The Morgan fingerprint density at radius 1 is 1.19 bits per heavy atom. The summed E-state index contributed by atoms with van der Waals surface area (Å²) in [6.45, 7) is 3.29. The summed E-state index contributed by atoms with van der Waals surface area (Å²) in [6.07, 6.45) is 10.4. The average Bonchev–Trinajstić information content (AvgIpc) is 2.57. The zero-order chi connectivity index (χ0) is 14.3. The molecule has 3 nitrogen and oxygen atoms in total. The van der Waals surface area contributed by atoms with E-state index in [1.807, 2.05) is 18.3 Å².